The Labute approximate surface area is 700 Å². The first-order valence-electron chi connectivity index (χ1n) is 45.1. The topological polar surface area (TPSA) is 231 Å². The highest BCUT2D eigenvalue weighted by Crippen LogP contribution is 2.45. The van der Waals surface area contributed by atoms with Crippen LogP contribution in [-0.4, -0.2) is 95.9 Å². The van der Waals surface area contributed by atoms with E-state index in [1.807, 2.05) is 0 Å². The van der Waals surface area contributed by atoms with Crippen molar-refractivity contribution < 1.29 is 75.8 Å². The van der Waals surface area contributed by atoms with Gasteiger partial charge in [0.25, 0.3) is 0 Å². The molecule has 0 aromatic carbocycles. The van der Waals surface area contributed by atoms with E-state index in [4.69, 9.17) is 32.3 Å². The SMILES string of the molecule is CC/C=C\C/C=C\C/C=C\C/C=C\C/C=C\C/C=C\CCCCCCC(=O)OCC(COP(=O)(O)OCC(O)COP(=O)(O)OCC(O)COC(=O)CCCCCCCCCCCCCCCCCCCCC/C=C\C/C=C\C/C=C\C/C=C\C/C=C\CC)OC(=O)CCCCCCC/C=C\C/C=C\C/C=C\C/C=C\CCCCC. The van der Waals surface area contributed by atoms with Crippen molar-refractivity contribution >= 4 is 33.6 Å². The molecule has 5 atom stereocenters. The number of carbonyl (C=O) groups is 3. The predicted octanol–water partition coefficient (Wildman–Crippen LogP) is 27.7. The average Bonchev–Trinajstić information content (AvgIpc) is 0.903. The van der Waals surface area contributed by atoms with E-state index in [-0.39, 0.29) is 19.3 Å². The van der Waals surface area contributed by atoms with Gasteiger partial charge in [-0.05, 0) is 161 Å². The fourth-order valence-corrected chi connectivity index (χ4v) is 13.4. The Hall–Kier alpha value is -5.35. The standard InChI is InChI=1S/C97H162O16P2/c1-4-7-10-13-16-19-22-25-28-31-34-37-39-40-41-42-43-44-45-46-47-48-49-50-52-55-56-59-62-65-68-71-74-77-80-83-95(100)107-86-92(98)87-109-114(103,104)110-88-93(99)89-111-115(105,106)112-91-94(113-97(102)85-82-79-76-73-70-67-64-61-58-53-36-33-30-27-24-21-18-15-12-9-6-3)90-108-96(101)84-81-78-75-72-69-66-63-60-57-54-51-38-35-32-29-26-23-20-17-14-11-8-5-2/h7-8,10-11,16-21,25-30,34-38,40-41,53-54,57,61,63-64,66,92-94,98-99H,4-6,9,12-15,22-24,31-33,39,42-52,55-56,58-60,62,65,67-91H2,1-3H3,(H,103,104)(H,105,106)/b10-7-,11-8-,19-16-,20-17-,21-18-,28-25-,29-26-,30-27-,37-34-,38-35-,41-40-,53-36-,57-54-,64-61-,66-63-. The highest BCUT2D eigenvalue weighted by Gasteiger charge is 2.29. The van der Waals surface area contributed by atoms with E-state index in [0.717, 1.165) is 173 Å². The summed E-state index contributed by atoms with van der Waals surface area (Å²) in [5.74, 6) is -1.63. The van der Waals surface area contributed by atoms with Crippen LogP contribution in [0, 0.1) is 0 Å². The monoisotopic (exact) mass is 1650 g/mol. The zero-order valence-corrected chi connectivity index (χ0v) is 73.9. The third kappa shape index (κ3) is 89.3. The molecule has 0 saturated carbocycles. The molecule has 5 unspecified atom stereocenters. The maximum absolute atomic E-state index is 13.0. The van der Waals surface area contributed by atoms with Crippen molar-refractivity contribution in [3.05, 3.63) is 182 Å². The van der Waals surface area contributed by atoms with Gasteiger partial charge in [0.2, 0.25) is 0 Å². The predicted molar refractivity (Wildman–Crippen MR) is 481 cm³/mol. The Balaban J connectivity index is 4.56. The lowest BCUT2D eigenvalue weighted by Crippen LogP contribution is -2.30. The number of hydrogen-bond acceptors (Lipinski definition) is 14. The Bertz CT molecular complexity index is 2820. The molecule has 0 saturated heterocycles. The highest BCUT2D eigenvalue weighted by atomic mass is 31.2. The van der Waals surface area contributed by atoms with Gasteiger partial charge in [-0.3, -0.25) is 32.5 Å². The third-order valence-electron chi connectivity index (χ3n) is 18.6. The molecule has 656 valence electrons. The van der Waals surface area contributed by atoms with E-state index in [9.17, 15) is 43.5 Å². The van der Waals surface area contributed by atoms with Crippen LogP contribution in [0.1, 0.15) is 355 Å². The molecule has 0 aliphatic rings. The van der Waals surface area contributed by atoms with Gasteiger partial charge < -0.3 is 34.2 Å². The smallest absolute Gasteiger partial charge is 0.463 e. The number of hydrogen-bond donors (Lipinski definition) is 4. The third-order valence-corrected chi connectivity index (χ3v) is 20.5. The number of phosphoric acid groups is 2. The van der Waals surface area contributed by atoms with Crippen molar-refractivity contribution in [2.45, 2.75) is 373 Å². The molecule has 0 fully saturated rings. The van der Waals surface area contributed by atoms with E-state index in [0.29, 0.717) is 19.3 Å². The van der Waals surface area contributed by atoms with Crippen LogP contribution < -0.4 is 0 Å². The van der Waals surface area contributed by atoms with E-state index in [1.165, 1.54) is 122 Å². The van der Waals surface area contributed by atoms with Gasteiger partial charge in [0.15, 0.2) is 6.10 Å². The summed E-state index contributed by atoms with van der Waals surface area (Å²) in [5, 5.41) is 20.7. The lowest BCUT2D eigenvalue weighted by Gasteiger charge is -2.21. The van der Waals surface area contributed by atoms with Crippen molar-refractivity contribution in [3.8, 4) is 0 Å². The molecule has 0 aliphatic heterocycles. The van der Waals surface area contributed by atoms with Crippen molar-refractivity contribution in [3.63, 3.8) is 0 Å². The number of allylic oxidation sites excluding steroid dienone is 30. The summed E-state index contributed by atoms with van der Waals surface area (Å²) >= 11 is 0. The zero-order valence-electron chi connectivity index (χ0n) is 72.1. The normalized spacial score (nSPS) is 14.7. The molecule has 115 heavy (non-hydrogen) atoms. The summed E-state index contributed by atoms with van der Waals surface area (Å²) in [6.07, 6.45) is 115. The first-order valence-corrected chi connectivity index (χ1v) is 48.1. The van der Waals surface area contributed by atoms with Crippen molar-refractivity contribution in [1.82, 2.24) is 0 Å². The second-order valence-corrected chi connectivity index (χ2v) is 32.5. The number of phosphoric ester groups is 2. The first kappa shape index (κ1) is 110. The number of ether oxygens (including phenoxy) is 3. The second-order valence-electron chi connectivity index (χ2n) is 29.6. The molecule has 0 spiro atoms. The maximum Gasteiger partial charge on any atom is 0.472 e. The fraction of sp³-hybridized carbons (Fsp3) is 0.660. The summed E-state index contributed by atoms with van der Waals surface area (Å²) in [4.78, 5) is 58.9. The van der Waals surface area contributed by atoms with Crippen molar-refractivity contribution in [2.24, 2.45) is 0 Å². The fourth-order valence-electron chi connectivity index (χ4n) is 11.8. The average molecular weight is 1650 g/mol. The number of aliphatic hydroxyl groups excluding tert-OH is 2. The molecule has 0 aliphatic carbocycles. The van der Waals surface area contributed by atoms with Gasteiger partial charge in [-0.1, -0.05) is 357 Å². The minimum absolute atomic E-state index is 0.0715. The molecule has 0 aromatic rings. The molecule has 16 nitrogen and oxygen atoms in total. The molecular formula is C97H162O16P2. The first-order chi connectivity index (χ1) is 56.2. The lowest BCUT2D eigenvalue weighted by atomic mass is 10.0. The molecule has 0 aromatic heterocycles. The Kier molecular flexibility index (Phi) is 83.9. The maximum atomic E-state index is 13.0. The largest absolute Gasteiger partial charge is 0.472 e. The van der Waals surface area contributed by atoms with E-state index < -0.39 is 91.5 Å². The van der Waals surface area contributed by atoms with Gasteiger partial charge in [0.05, 0.1) is 26.4 Å². The minimum Gasteiger partial charge on any atom is -0.463 e. The van der Waals surface area contributed by atoms with Crippen LogP contribution in [0.5, 0.6) is 0 Å². The van der Waals surface area contributed by atoms with E-state index >= 15 is 0 Å². The number of esters is 3. The molecule has 0 rings (SSSR count). The number of rotatable bonds is 84. The summed E-state index contributed by atoms with van der Waals surface area (Å²) < 4.78 is 61.4. The zero-order chi connectivity index (χ0) is 83.6. The van der Waals surface area contributed by atoms with Crippen LogP contribution in [0.3, 0.4) is 0 Å². The minimum atomic E-state index is -4.96. The van der Waals surface area contributed by atoms with Crippen molar-refractivity contribution in [1.29, 1.82) is 0 Å². The van der Waals surface area contributed by atoms with Crippen LogP contribution in [0.25, 0.3) is 0 Å². The molecule has 0 amide bonds. The Morgan fingerprint density at radius 3 is 0.730 bits per heavy atom. The van der Waals surface area contributed by atoms with Crippen molar-refractivity contribution in [2.75, 3.05) is 39.6 Å². The Morgan fingerprint density at radius 2 is 0.461 bits per heavy atom. The van der Waals surface area contributed by atoms with Gasteiger partial charge in [-0.15, -0.1) is 0 Å². The Morgan fingerprint density at radius 1 is 0.252 bits per heavy atom. The summed E-state index contributed by atoms with van der Waals surface area (Å²) in [5.41, 5.74) is 0. The molecule has 0 radical (unpaired) electrons. The van der Waals surface area contributed by atoms with Crippen LogP contribution >= 0.6 is 15.6 Å². The molecule has 18 heteroatoms. The number of carbonyl (C=O) groups excluding carboxylic acids is 3. The van der Waals surface area contributed by atoms with E-state index in [2.05, 4.69) is 203 Å². The molecule has 0 bridgehead atoms. The quantitative estimate of drug-likeness (QED) is 0.0146. The summed E-state index contributed by atoms with van der Waals surface area (Å²) in [6, 6.07) is 0. The van der Waals surface area contributed by atoms with Crippen LogP contribution in [0.4, 0.5) is 0 Å². The summed E-state index contributed by atoms with van der Waals surface area (Å²) in [7, 11) is -9.83. The van der Waals surface area contributed by atoms with Crippen LogP contribution in [0.15, 0.2) is 182 Å². The number of aliphatic hydroxyl groups is 2. The van der Waals surface area contributed by atoms with Gasteiger partial charge in [-0.25, -0.2) is 9.13 Å². The molecular weight excluding hydrogens is 1480 g/mol. The summed E-state index contributed by atoms with van der Waals surface area (Å²) in [6.45, 7) is 2.40. The second kappa shape index (κ2) is 87.9. The van der Waals surface area contributed by atoms with Gasteiger partial charge in [0, 0.05) is 19.3 Å². The van der Waals surface area contributed by atoms with Gasteiger partial charge in [0.1, 0.15) is 25.4 Å². The van der Waals surface area contributed by atoms with E-state index in [1.54, 1.807) is 0 Å². The molecule has 0 heterocycles. The number of unbranched alkanes of at least 4 members (excludes halogenated alkanes) is 31. The lowest BCUT2D eigenvalue weighted by molar-refractivity contribution is -0.161. The molecule has 4 N–H and O–H groups in total. The van der Waals surface area contributed by atoms with Crippen LogP contribution in [0.2, 0.25) is 0 Å². The highest BCUT2D eigenvalue weighted by molar-refractivity contribution is 7.47. The van der Waals surface area contributed by atoms with Crippen LogP contribution in [-0.2, 0) is 55.8 Å². The van der Waals surface area contributed by atoms with Gasteiger partial charge in [-0.2, -0.15) is 0 Å². The van der Waals surface area contributed by atoms with Gasteiger partial charge >= 0.3 is 33.6 Å².